The summed E-state index contributed by atoms with van der Waals surface area (Å²) in [6, 6.07) is 13.3. The summed E-state index contributed by atoms with van der Waals surface area (Å²) in [5.74, 6) is -1.22. The number of hydrazone groups is 1. The molecule has 0 bridgehead atoms. The van der Waals surface area contributed by atoms with Crippen LogP contribution in [0.5, 0.6) is 0 Å². The fourth-order valence-electron chi connectivity index (χ4n) is 2.60. The van der Waals surface area contributed by atoms with Crippen LogP contribution in [-0.4, -0.2) is 28.1 Å². The number of non-ortho nitro benzene ring substituents is 1. The number of rotatable bonds is 7. The third-order valence-corrected chi connectivity index (χ3v) is 4.25. The maximum atomic E-state index is 11.9. The van der Waals surface area contributed by atoms with Crippen molar-refractivity contribution >= 4 is 35.4 Å². The lowest BCUT2D eigenvalue weighted by Crippen LogP contribution is -2.19. The van der Waals surface area contributed by atoms with Gasteiger partial charge in [0.15, 0.2) is 0 Å². The van der Waals surface area contributed by atoms with E-state index in [1.807, 2.05) is 0 Å². The largest absolute Gasteiger partial charge is 0.478 e. The van der Waals surface area contributed by atoms with Crippen molar-refractivity contribution in [1.82, 2.24) is 5.43 Å². The van der Waals surface area contributed by atoms with Gasteiger partial charge in [-0.2, -0.15) is 5.10 Å². The average molecular weight is 428 g/mol. The minimum Gasteiger partial charge on any atom is -0.478 e. The molecule has 0 unspecified atom stereocenters. The molecular weight excluding hydrogens is 414 g/mol. The van der Waals surface area contributed by atoms with Crippen molar-refractivity contribution in [2.24, 2.45) is 5.10 Å². The number of hydrogen-bond acceptors (Lipinski definition) is 6. The summed E-state index contributed by atoms with van der Waals surface area (Å²) < 4.78 is 5.53. The molecule has 0 aliphatic carbocycles. The van der Waals surface area contributed by atoms with Gasteiger partial charge in [-0.3, -0.25) is 14.9 Å². The summed E-state index contributed by atoms with van der Waals surface area (Å²) in [6.45, 7) is 0. The van der Waals surface area contributed by atoms with Crippen molar-refractivity contribution in [3.05, 3.63) is 86.6 Å². The van der Waals surface area contributed by atoms with Crippen LogP contribution >= 0.6 is 11.6 Å². The Morgan fingerprint density at radius 3 is 2.57 bits per heavy atom. The molecule has 0 saturated heterocycles. The van der Waals surface area contributed by atoms with E-state index >= 15 is 0 Å². The predicted octanol–water partition coefficient (Wildman–Crippen LogP) is 3.90. The van der Waals surface area contributed by atoms with E-state index in [0.29, 0.717) is 5.02 Å². The zero-order chi connectivity index (χ0) is 21.7. The summed E-state index contributed by atoms with van der Waals surface area (Å²) in [7, 11) is 0. The van der Waals surface area contributed by atoms with Crippen LogP contribution in [0, 0.1) is 10.1 Å². The van der Waals surface area contributed by atoms with E-state index in [-0.39, 0.29) is 40.7 Å². The van der Waals surface area contributed by atoms with Crippen LogP contribution < -0.4 is 5.43 Å². The number of hydrogen-bond donors (Lipinski definition) is 2. The highest BCUT2D eigenvalue weighted by Crippen LogP contribution is 2.28. The van der Waals surface area contributed by atoms with Crippen molar-refractivity contribution in [2.75, 3.05) is 0 Å². The second-order valence-corrected chi connectivity index (χ2v) is 6.53. The quantitative estimate of drug-likeness (QED) is 0.333. The first kappa shape index (κ1) is 20.7. The molecule has 2 N–H and O–H groups in total. The number of carboxylic acid groups (broad SMARTS) is 1. The van der Waals surface area contributed by atoms with Gasteiger partial charge < -0.3 is 9.52 Å². The Morgan fingerprint density at radius 1 is 1.17 bits per heavy atom. The molecule has 0 radical (unpaired) electrons. The van der Waals surface area contributed by atoms with E-state index in [0.717, 1.165) is 11.6 Å². The molecule has 1 heterocycles. The lowest BCUT2D eigenvalue weighted by molar-refractivity contribution is -0.384. The molecule has 9 nitrogen and oxygen atoms in total. The van der Waals surface area contributed by atoms with E-state index in [9.17, 15) is 24.8 Å². The highest BCUT2D eigenvalue weighted by molar-refractivity contribution is 6.30. The third kappa shape index (κ3) is 5.09. The minimum atomic E-state index is -1.32. The second kappa shape index (κ2) is 9.01. The van der Waals surface area contributed by atoms with Gasteiger partial charge in [0.1, 0.15) is 11.5 Å². The van der Waals surface area contributed by atoms with Gasteiger partial charge in [0.2, 0.25) is 5.91 Å². The number of carbonyl (C=O) groups is 2. The zero-order valence-electron chi connectivity index (χ0n) is 15.2. The summed E-state index contributed by atoms with van der Waals surface area (Å²) >= 11 is 5.80. The Morgan fingerprint density at radius 2 is 1.90 bits per heavy atom. The van der Waals surface area contributed by atoms with Gasteiger partial charge in [0.05, 0.1) is 23.1 Å². The molecular formula is C20H14ClN3O6. The van der Waals surface area contributed by atoms with E-state index in [4.69, 9.17) is 16.0 Å². The lowest BCUT2D eigenvalue weighted by atomic mass is 10.0. The monoisotopic (exact) mass is 427 g/mol. The van der Waals surface area contributed by atoms with Crippen LogP contribution in [0.3, 0.4) is 0 Å². The normalized spacial score (nSPS) is 10.8. The Balaban J connectivity index is 1.69. The van der Waals surface area contributed by atoms with Crippen LogP contribution in [0.4, 0.5) is 5.69 Å². The summed E-state index contributed by atoms with van der Waals surface area (Å²) in [6.07, 6.45) is 1.37. The molecule has 152 valence electrons. The van der Waals surface area contributed by atoms with Crippen molar-refractivity contribution in [1.29, 1.82) is 0 Å². The van der Waals surface area contributed by atoms with Gasteiger partial charge in [-0.25, -0.2) is 10.2 Å². The van der Waals surface area contributed by atoms with Crippen LogP contribution in [0.2, 0.25) is 5.02 Å². The molecule has 0 aliphatic heterocycles. The molecule has 10 heteroatoms. The van der Waals surface area contributed by atoms with E-state index < -0.39 is 10.9 Å². The fraction of sp³-hybridized carbons (Fsp3) is 0.0500. The smallest absolute Gasteiger partial charge is 0.336 e. The van der Waals surface area contributed by atoms with Crippen LogP contribution in [0.1, 0.15) is 21.7 Å². The highest BCUT2D eigenvalue weighted by Gasteiger charge is 2.19. The number of carbonyl (C=O) groups excluding carboxylic acids is 1. The number of benzene rings is 2. The standard InChI is InChI=1S/C20H14ClN3O6/c21-13-3-1-12(2-4-13)9-19(25)23-22-11-15-6-8-18(30-15)16-7-5-14(24(28)29)10-17(16)20(26)27/h1-8,10-11H,9H2,(H,23,25)(H,26,27)/b22-11-. The number of nitrogens with one attached hydrogen (secondary N) is 1. The molecule has 3 aromatic rings. The van der Waals surface area contributed by atoms with E-state index in [1.165, 1.54) is 30.5 Å². The number of nitro groups is 1. The van der Waals surface area contributed by atoms with Crippen LogP contribution in [0.25, 0.3) is 11.3 Å². The number of aromatic carboxylic acids is 1. The number of carboxylic acids is 1. The summed E-state index contributed by atoms with van der Waals surface area (Å²) in [4.78, 5) is 33.5. The zero-order valence-corrected chi connectivity index (χ0v) is 16.0. The van der Waals surface area contributed by atoms with Gasteiger partial charge in [-0.1, -0.05) is 23.7 Å². The third-order valence-electron chi connectivity index (χ3n) is 4.00. The molecule has 0 atom stereocenters. The Kier molecular flexibility index (Phi) is 6.23. The summed E-state index contributed by atoms with van der Waals surface area (Å²) in [5.41, 5.74) is 2.71. The first-order valence-electron chi connectivity index (χ1n) is 8.52. The van der Waals surface area contributed by atoms with Gasteiger partial charge in [-0.15, -0.1) is 0 Å². The van der Waals surface area contributed by atoms with Gasteiger partial charge >= 0.3 is 5.97 Å². The number of furan rings is 1. The maximum Gasteiger partial charge on any atom is 0.336 e. The molecule has 1 aromatic heterocycles. The Bertz CT molecular complexity index is 1140. The second-order valence-electron chi connectivity index (χ2n) is 6.09. The first-order chi connectivity index (χ1) is 14.3. The van der Waals surface area contributed by atoms with E-state index in [1.54, 1.807) is 24.3 Å². The topological polar surface area (TPSA) is 135 Å². The Hall–Kier alpha value is -3.98. The molecule has 0 saturated carbocycles. The highest BCUT2D eigenvalue weighted by atomic mass is 35.5. The molecule has 30 heavy (non-hydrogen) atoms. The summed E-state index contributed by atoms with van der Waals surface area (Å²) in [5, 5.41) is 24.6. The van der Waals surface area contributed by atoms with Gasteiger partial charge in [0, 0.05) is 22.7 Å². The molecule has 0 aliphatic rings. The minimum absolute atomic E-state index is 0.114. The fourth-order valence-corrected chi connectivity index (χ4v) is 2.73. The van der Waals surface area contributed by atoms with Crippen molar-refractivity contribution < 1.29 is 24.0 Å². The average Bonchev–Trinajstić information content (AvgIpc) is 3.18. The molecule has 0 fully saturated rings. The molecule has 0 spiro atoms. The van der Waals surface area contributed by atoms with E-state index in [2.05, 4.69) is 10.5 Å². The lowest BCUT2D eigenvalue weighted by Gasteiger charge is -2.03. The predicted molar refractivity (Wildman–Crippen MR) is 109 cm³/mol. The van der Waals surface area contributed by atoms with Crippen molar-refractivity contribution in [3.63, 3.8) is 0 Å². The molecule has 1 amide bonds. The van der Waals surface area contributed by atoms with Crippen molar-refractivity contribution in [3.8, 4) is 11.3 Å². The molecule has 3 rings (SSSR count). The number of nitrogens with zero attached hydrogens (tertiary/aromatic N) is 2. The van der Waals surface area contributed by atoms with Crippen LogP contribution in [0.15, 0.2) is 64.1 Å². The number of amides is 1. The molecule has 2 aromatic carbocycles. The number of halogens is 1. The van der Waals surface area contributed by atoms with Gasteiger partial charge in [0.25, 0.3) is 5.69 Å². The first-order valence-corrected chi connectivity index (χ1v) is 8.89. The van der Waals surface area contributed by atoms with Gasteiger partial charge in [-0.05, 0) is 35.9 Å². The van der Waals surface area contributed by atoms with Crippen molar-refractivity contribution in [2.45, 2.75) is 6.42 Å². The van der Waals surface area contributed by atoms with Crippen LogP contribution in [-0.2, 0) is 11.2 Å². The number of nitro benzene ring substituents is 1. The maximum absolute atomic E-state index is 11.9. The Labute approximate surface area is 174 Å². The SMILES string of the molecule is O=C(Cc1ccc(Cl)cc1)N/N=C\c1ccc(-c2ccc([N+](=O)[O-])cc2C(=O)O)o1.